The predicted octanol–water partition coefficient (Wildman–Crippen LogP) is 0.835. The Morgan fingerprint density at radius 2 is 2.00 bits per heavy atom. The first-order chi connectivity index (χ1) is 8.82. The lowest BCUT2D eigenvalue weighted by molar-refractivity contribution is 0.0236. The number of nitrogens with zero attached hydrogens (tertiary/aromatic N) is 2. The van der Waals surface area contributed by atoms with Crippen molar-refractivity contribution in [2.45, 2.75) is 11.5 Å². The van der Waals surface area contributed by atoms with Crippen molar-refractivity contribution in [3.05, 3.63) is 22.4 Å². The summed E-state index contributed by atoms with van der Waals surface area (Å²) in [6.07, 6.45) is 0. The van der Waals surface area contributed by atoms with Crippen LogP contribution in [0.3, 0.4) is 0 Å². The SMILES string of the molecule is CNC1C2CN3CCN(C2)CC1(c1cccs1)C3. The smallest absolute Gasteiger partial charge is 0.0457 e. The van der Waals surface area contributed by atoms with Gasteiger partial charge in [-0.05, 0) is 18.5 Å². The van der Waals surface area contributed by atoms with Crippen LogP contribution in [0.15, 0.2) is 17.5 Å². The van der Waals surface area contributed by atoms with E-state index in [1.54, 1.807) is 4.88 Å². The summed E-state index contributed by atoms with van der Waals surface area (Å²) >= 11 is 1.95. The number of piperidine rings is 2. The van der Waals surface area contributed by atoms with E-state index in [1.165, 1.54) is 39.3 Å². The predicted molar refractivity (Wildman–Crippen MR) is 75.2 cm³/mol. The first kappa shape index (κ1) is 11.4. The molecule has 4 saturated heterocycles. The van der Waals surface area contributed by atoms with Crippen LogP contribution >= 0.6 is 11.3 Å². The lowest BCUT2D eigenvalue weighted by Crippen LogP contribution is -2.69. The first-order valence-corrected chi connectivity index (χ1v) is 7.86. The quantitative estimate of drug-likeness (QED) is 0.853. The Kier molecular flexibility index (Phi) is 2.56. The van der Waals surface area contributed by atoms with E-state index in [1.807, 2.05) is 11.3 Å². The van der Waals surface area contributed by atoms with Gasteiger partial charge in [-0.3, -0.25) is 0 Å². The minimum atomic E-state index is 0.334. The van der Waals surface area contributed by atoms with Crippen LogP contribution in [-0.2, 0) is 5.41 Å². The maximum absolute atomic E-state index is 3.66. The van der Waals surface area contributed by atoms with E-state index in [4.69, 9.17) is 0 Å². The van der Waals surface area contributed by atoms with Crippen LogP contribution in [0.2, 0.25) is 0 Å². The molecule has 5 heterocycles. The number of nitrogens with one attached hydrogen (secondary N) is 1. The van der Waals surface area contributed by atoms with Crippen LogP contribution in [0.4, 0.5) is 0 Å². The van der Waals surface area contributed by atoms with Gasteiger partial charge in [0.15, 0.2) is 0 Å². The lowest BCUT2D eigenvalue weighted by Gasteiger charge is -2.55. The second kappa shape index (κ2) is 4.04. The van der Waals surface area contributed by atoms with E-state index in [9.17, 15) is 0 Å². The third-order valence-corrected chi connectivity index (χ3v) is 6.21. The summed E-state index contributed by atoms with van der Waals surface area (Å²) in [5.74, 6) is 0.794. The molecule has 0 saturated carbocycles. The molecule has 4 fully saturated rings. The molecule has 0 radical (unpaired) electrons. The molecule has 3 unspecified atom stereocenters. The highest BCUT2D eigenvalue weighted by atomic mass is 32.1. The molecule has 1 aromatic rings. The summed E-state index contributed by atoms with van der Waals surface area (Å²) in [6.45, 7) is 7.59. The molecule has 4 aliphatic rings. The largest absolute Gasteiger partial charge is 0.316 e. The number of rotatable bonds is 2. The summed E-state index contributed by atoms with van der Waals surface area (Å²) in [5, 5.41) is 5.89. The summed E-state index contributed by atoms with van der Waals surface area (Å²) in [4.78, 5) is 6.99. The fraction of sp³-hybridized carbons (Fsp3) is 0.714. The van der Waals surface area contributed by atoms with Crippen molar-refractivity contribution in [1.82, 2.24) is 15.1 Å². The van der Waals surface area contributed by atoms with E-state index in [0.29, 0.717) is 11.5 Å². The van der Waals surface area contributed by atoms with Crippen molar-refractivity contribution < 1.29 is 0 Å². The molecule has 3 nitrogen and oxygen atoms in total. The van der Waals surface area contributed by atoms with Crippen molar-refractivity contribution in [2.24, 2.45) is 5.92 Å². The highest BCUT2D eigenvalue weighted by Crippen LogP contribution is 2.44. The molecule has 1 N–H and O–H groups in total. The molecule has 0 amide bonds. The molecule has 0 aliphatic carbocycles. The Morgan fingerprint density at radius 1 is 1.28 bits per heavy atom. The topological polar surface area (TPSA) is 18.5 Å². The number of fused-ring (bicyclic) bond motifs is 1. The van der Waals surface area contributed by atoms with Crippen LogP contribution in [-0.4, -0.2) is 62.2 Å². The molecule has 5 rings (SSSR count). The summed E-state index contributed by atoms with van der Waals surface area (Å²) in [5.41, 5.74) is 0.334. The second-order valence-electron chi connectivity index (χ2n) is 6.13. The Balaban J connectivity index is 1.83. The maximum atomic E-state index is 3.66. The van der Waals surface area contributed by atoms with Gasteiger partial charge >= 0.3 is 0 Å². The van der Waals surface area contributed by atoms with E-state index in [0.717, 1.165) is 5.92 Å². The van der Waals surface area contributed by atoms with Gasteiger partial charge in [-0.15, -0.1) is 11.3 Å². The number of likely N-dealkylation sites (N-methyl/N-ethyl adjacent to an activating group) is 1. The third kappa shape index (κ3) is 1.46. The minimum Gasteiger partial charge on any atom is -0.316 e. The number of hydrogen-bond acceptors (Lipinski definition) is 4. The van der Waals surface area contributed by atoms with Crippen LogP contribution in [0.5, 0.6) is 0 Å². The van der Waals surface area contributed by atoms with Gasteiger partial charge in [-0.25, -0.2) is 0 Å². The molecule has 4 aliphatic heterocycles. The molecular weight excluding hydrogens is 242 g/mol. The fourth-order valence-electron chi connectivity index (χ4n) is 4.56. The van der Waals surface area contributed by atoms with Crippen molar-refractivity contribution in [3.63, 3.8) is 0 Å². The Labute approximate surface area is 113 Å². The summed E-state index contributed by atoms with van der Waals surface area (Å²) < 4.78 is 0. The van der Waals surface area contributed by atoms with E-state index in [2.05, 4.69) is 39.7 Å². The third-order valence-electron chi connectivity index (χ3n) is 5.12. The van der Waals surface area contributed by atoms with Crippen LogP contribution in [0.25, 0.3) is 0 Å². The van der Waals surface area contributed by atoms with Gasteiger partial charge in [0.05, 0.1) is 0 Å². The van der Waals surface area contributed by atoms with Crippen LogP contribution in [0.1, 0.15) is 4.88 Å². The van der Waals surface area contributed by atoms with Crippen molar-refractivity contribution in [3.8, 4) is 0 Å². The van der Waals surface area contributed by atoms with Gasteiger partial charge in [0.1, 0.15) is 0 Å². The average molecular weight is 263 g/mol. The molecule has 3 atom stereocenters. The van der Waals surface area contributed by atoms with Gasteiger partial charge in [0.2, 0.25) is 0 Å². The van der Waals surface area contributed by atoms with Gasteiger partial charge in [-0.2, -0.15) is 0 Å². The standard InChI is InChI=1S/C14H21N3S/c1-15-13-11-7-16-4-5-17(8-11)10-14(13,9-16)12-3-2-6-18-12/h2-3,6,11,13,15H,4-5,7-10H2,1H3. The fourth-order valence-corrected chi connectivity index (χ4v) is 5.52. The number of thiophene rings is 1. The Bertz CT molecular complexity index is 414. The van der Waals surface area contributed by atoms with E-state index >= 15 is 0 Å². The molecule has 18 heavy (non-hydrogen) atoms. The molecule has 0 aromatic carbocycles. The zero-order valence-electron chi connectivity index (χ0n) is 10.9. The molecule has 4 heteroatoms. The van der Waals surface area contributed by atoms with E-state index < -0.39 is 0 Å². The highest BCUT2D eigenvalue weighted by Gasteiger charge is 2.54. The van der Waals surface area contributed by atoms with Crippen LogP contribution < -0.4 is 5.32 Å². The van der Waals surface area contributed by atoms with Crippen molar-refractivity contribution in [2.75, 3.05) is 46.3 Å². The van der Waals surface area contributed by atoms with Gasteiger partial charge < -0.3 is 15.1 Å². The monoisotopic (exact) mass is 263 g/mol. The van der Waals surface area contributed by atoms with E-state index in [-0.39, 0.29) is 0 Å². The normalized spacial score (nSPS) is 46.3. The summed E-state index contributed by atoms with van der Waals surface area (Å²) in [7, 11) is 2.16. The van der Waals surface area contributed by atoms with Gasteiger partial charge in [0.25, 0.3) is 0 Å². The molecule has 0 spiro atoms. The highest BCUT2D eigenvalue weighted by molar-refractivity contribution is 7.10. The lowest BCUT2D eigenvalue weighted by atomic mass is 9.67. The van der Waals surface area contributed by atoms with Gasteiger partial charge in [-0.1, -0.05) is 6.07 Å². The molecular formula is C14H21N3S. The van der Waals surface area contributed by atoms with Crippen molar-refractivity contribution >= 4 is 11.3 Å². The number of hydrogen-bond donors (Lipinski definition) is 1. The average Bonchev–Trinajstić information content (AvgIpc) is 2.80. The minimum absolute atomic E-state index is 0.334. The first-order valence-electron chi connectivity index (χ1n) is 6.98. The molecule has 98 valence electrons. The zero-order valence-corrected chi connectivity index (χ0v) is 11.7. The van der Waals surface area contributed by atoms with Crippen molar-refractivity contribution in [1.29, 1.82) is 0 Å². The van der Waals surface area contributed by atoms with Gasteiger partial charge in [0, 0.05) is 61.5 Å². The zero-order chi connectivity index (χ0) is 12.2. The Hall–Kier alpha value is -0.420. The molecule has 1 aromatic heterocycles. The Morgan fingerprint density at radius 3 is 2.56 bits per heavy atom. The maximum Gasteiger partial charge on any atom is 0.0457 e. The summed E-state index contributed by atoms with van der Waals surface area (Å²) in [6, 6.07) is 5.22. The molecule has 4 bridgehead atoms. The van der Waals surface area contributed by atoms with Crippen LogP contribution in [0, 0.1) is 5.92 Å². The second-order valence-corrected chi connectivity index (χ2v) is 7.08.